The van der Waals surface area contributed by atoms with Crippen LogP contribution in [0.15, 0.2) is 30.3 Å². The van der Waals surface area contributed by atoms with Gasteiger partial charge in [-0.15, -0.1) is 0 Å². The van der Waals surface area contributed by atoms with E-state index >= 15 is 0 Å². The Hall–Kier alpha value is -1.90. The molecule has 0 aliphatic heterocycles. The number of hydrogen-bond donors (Lipinski definition) is 3. The lowest BCUT2D eigenvalue weighted by molar-refractivity contribution is 1.70. The highest BCUT2D eigenvalue weighted by Crippen LogP contribution is 2.27. The minimum absolute atomic E-state index is 0.699. The standard InChI is InChI=1S/C10H11N3/c11-6-1-2-7-8(5-6)10(13)4-3-9(7)12/h1-5H,11-13H2. The monoisotopic (exact) mass is 173 g/mol. The highest BCUT2D eigenvalue weighted by atomic mass is 14.6. The molecule has 66 valence electrons. The van der Waals surface area contributed by atoms with Crippen LogP contribution in [0.3, 0.4) is 0 Å². The van der Waals surface area contributed by atoms with Crippen LogP contribution >= 0.6 is 0 Å². The SMILES string of the molecule is Nc1ccc2c(N)ccc(N)c2c1. The van der Waals surface area contributed by atoms with E-state index in [4.69, 9.17) is 17.2 Å². The minimum Gasteiger partial charge on any atom is -0.399 e. The van der Waals surface area contributed by atoms with Gasteiger partial charge in [-0.2, -0.15) is 0 Å². The second-order valence-electron chi connectivity index (χ2n) is 3.05. The maximum absolute atomic E-state index is 5.78. The van der Waals surface area contributed by atoms with Crippen molar-refractivity contribution in [2.45, 2.75) is 0 Å². The molecule has 2 aromatic carbocycles. The van der Waals surface area contributed by atoms with Crippen LogP contribution in [0, 0.1) is 0 Å². The zero-order valence-corrected chi connectivity index (χ0v) is 7.12. The fourth-order valence-corrected chi connectivity index (χ4v) is 1.41. The van der Waals surface area contributed by atoms with Crippen LogP contribution in [0.5, 0.6) is 0 Å². The third kappa shape index (κ3) is 1.14. The molecule has 0 atom stereocenters. The molecular formula is C10H11N3. The van der Waals surface area contributed by atoms with Gasteiger partial charge in [-0.3, -0.25) is 0 Å². The summed E-state index contributed by atoms with van der Waals surface area (Å²) in [5.74, 6) is 0. The molecule has 6 N–H and O–H groups in total. The second-order valence-corrected chi connectivity index (χ2v) is 3.05. The van der Waals surface area contributed by atoms with Gasteiger partial charge in [0.15, 0.2) is 0 Å². The van der Waals surface area contributed by atoms with E-state index in [-0.39, 0.29) is 0 Å². The largest absolute Gasteiger partial charge is 0.399 e. The molecule has 0 saturated heterocycles. The van der Waals surface area contributed by atoms with Crippen LogP contribution in [0.2, 0.25) is 0 Å². The molecule has 0 saturated carbocycles. The summed E-state index contributed by atoms with van der Waals surface area (Å²) in [6, 6.07) is 9.13. The maximum Gasteiger partial charge on any atom is 0.0396 e. The van der Waals surface area contributed by atoms with Gasteiger partial charge in [0.1, 0.15) is 0 Å². The summed E-state index contributed by atoms with van der Waals surface area (Å²) in [7, 11) is 0. The Labute approximate surface area is 76.1 Å². The van der Waals surface area contributed by atoms with Crippen molar-refractivity contribution in [3.8, 4) is 0 Å². The molecule has 0 radical (unpaired) electrons. The lowest BCUT2D eigenvalue weighted by Gasteiger charge is -2.05. The van der Waals surface area contributed by atoms with E-state index in [1.165, 1.54) is 0 Å². The van der Waals surface area contributed by atoms with Gasteiger partial charge in [-0.1, -0.05) is 6.07 Å². The number of anilines is 3. The molecular weight excluding hydrogens is 162 g/mol. The van der Waals surface area contributed by atoms with Crippen molar-refractivity contribution in [2.24, 2.45) is 0 Å². The molecule has 3 heteroatoms. The first kappa shape index (κ1) is 7.73. The van der Waals surface area contributed by atoms with Crippen LogP contribution < -0.4 is 17.2 Å². The van der Waals surface area contributed by atoms with Crippen LogP contribution in [0.1, 0.15) is 0 Å². The fraction of sp³-hybridized carbons (Fsp3) is 0. The van der Waals surface area contributed by atoms with Gasteiger partial charge in [0.05, 0.1) is 0 Å². The Morgan fingerprint density at radius 2 is 1.31 bits per heavy atom. The van der Waals surface area contributed by atoms with E-state index in [0.29, 0.717) is 11.4 Å². The Balaban J connectivity index is 2.92. The zero-order chi connectivity index (χ0) is 9.42. The smallest absolute Gasteiger partial charge is 0.0396 e. The zero-order valence-electron chi connectivity index (χ0n) is 7.12. The predicted octanol–water partition coefficient (Wildman–Crippen LogP) is 1.59. The van der Waals surface area contributed by atoms with Crippen molar-refractivity contribution in [2.75, 3.05) is 17.2 Å². The van der Waals surface area contributed by atoms with Crippen molar-refractivity contribution >= 4 is 27.8 Å². The van der Waals surface area contributed by atoms with Crippen molar-refractivity contribution in [1.29, 1.82) is 0 Å². The maximum atomic E-state index is 5.78. The molecule has 3 nitrogen and oxygen atoms in total. The van der Waals surface area contributed by atoms with Gasteiger partial charge in [0, 0.05) is 27.8 Å². The molecule has 0 heterocycles. The first-order chi connectivity index (χ1) is 6.18. The molecule has 0 fully saturated rings. The van der Waals surface area contributed by atoms with Crippen molar-refractivity contribution in [1.82, 2.24) is 0 Å². The molecule has 0 amide bonds. The van der Waals surface area contributed by atoms with Crippen molar-refractivity contribution in [3.63, 3.8) is 0 Å². The van der Waals surface area contributed by atoms with E-state index in [9.17, 15) is 0 Å². The molecule has 0 unspecified atom stereocenters. The van der Waals surface area contributed by atoms with Crippen LogP contribution in [0.25, 0.3) is 10.8 Å². The van der Waals surface area contributed by atoms with Gasteiger partial charge in [-0.25, -0.2) is 0 Å². The highest BCUT2D eigenvalue weighted by molar-refractivity contribution is 6.01. The number of nitrogens with two attached hydrogens (primary N) is 3. The Morgan fingerprint density at radius 3 is 2.00 bits per heavy atom. The number of hydrogen-bond acceptors (Lipinski definition) is 3. The summed E-state index contributed by atoms with van der Waals surface area (Å²) < 4.78 is 0. The number of fused-ring (bicyclic) bond motifs is 1. The van der Waals surface area contributed by atoms with Gasteiger partial charge < -0.3 is 17.2 Å². The third-order valence-electron chi connectivity index (χ3n) is 2.11. The summed E-state index contributed by atoms with van der Waals surface area (Å²) in [4.78, 5) is 0. The van der Waals surface area contributed by atoms with Crippen molar-refractivity contribution < 1.29 is 0 Å². The van der Waals surface area contributed by atoms with Gasteiger partial charge >= 0.3 is 0 Å². The van der Waals surface area contributed by atoms with E-state index in [1.54, 1.807) is 12.1 Å². The van der Waals surface area contributed by atoms with Gasteiger partial charge in [-0.05, 0) is 24.3 Å². The number of rotatable bonds is 0. The summed E-state index contributed by atoms with van der Waals surface area (Å²) in [6.45, 7) is 0. The minimum atomic E-state index is 0.699. The molecule has 2 rings (SSSR count). The summed E-state index contributed by atoms with van der Waals surface area (Å²) in [5.41, 5.74) is 19.3. The molecule has 0 aliphatic rings. The summed E-state index contributed by atoms with van der Waals surface area (Å²) in [6.07, 6.45) is 0. The molecule has 0 aliphatic carbocycles. The predicted molar refractivity (Wildman–Crippen MR) is 57.2 cm³/mol. The quantitative estimate of drug-likeness (QED) is 0.529. The lowest BCUT2D eigenvalue weighted by Crippen LogP contribution is -1.93. The molecule has 0 bridgehead atoms. The van der Waals surface area contributed by atoms with E-state index in [1.807, 2.05) is 18.2 Å². The first-order valence-electron chi connectivity index (χ1n) is 4.01. The summed E-state index contributed by atoms with van der Waals surface area (Å²) >= 11 is 0. The molecule has 2 aromatic rings. The normalized spacial score (nSPS) is 10.5. The molecule has 13 heavy (non-hydrogen) atoms. The Kier molecular flexibility index (Phi) is 1.52. The third-order valence-corrected chi connectivity index (χ3v) is 2.11. The van der Waals surface area contributed by atoms with Crippen LogP contribution in [0.4, 0.5) is 17.1 Å². The average molecular weight is 173 g/mol. The second kappa shape index (κ2) is 2.55. The first-order valence-corrected chi connectivity index (χ1v) is 4.01. The van der Waals surface area contributed by atoms with E-state index in [2.05, 4.69) is 0 Å². The molecule has 0 spiro atoms. The van der Waals surface area contributed by atoms with E-state index in [0.717, 1.165) is 16.5 Å². The van der Waals surface area contributed by atoms with Crippen LogP contribution in [-0.4, -0.2) is 0 Å². The van der Waals surface area contributed by atoms with Gasteiger partial charge in [0.2, 0.25) is 0 Å². The van der Waals surface area contributed by atoms with Crippen LogP contribution in [-0.2, 0) is 0 Å². The summed E-state index contributed by atoms with van der Waals surface area (Å²) in [5, 5.41) is 1.87. The fourth-order valence-electron chi connectivity index (χ4n) is 1.41. The average Bonchev–Trinajstić information content (AvgIpc) is 2.12. The Morgan fingerprint density at radius 1 is 0.692 bits per heavy atom. The van der Waals surface area contributed by atoms with Crippen molar-refractivity contribution in [3.05, 3.63) is 30.3 Å². The molecule has 0 aromatic heterocycles. The Bertz CT molecular complexity index is 463. The number of nitrogen functional groups attached to an aromatic ring is 3. The topological polar surface area (TPSA) is 78.1 Å². The highest BCUT2D eigenvalue weighted by Gasteiger charge is 2.00. The number of benzene rings is 2. The van der Waals surface area contributed by atoms with E-state index < -0.39 is 0 Å². The lowest BCUT2D eigenvalue weighted by atomic mass is 10.1. The van der Waals surface area contributed by atoms with Gasteiger partial charge in [0.25, 0.3) is 0 Å².